The fourth-order valence-electron chi connectivity index (χ4n) is 1.21. The molecule has 1 aromatic heterocycles. The number of rotatable bonds is 3. The van der Waals surface area contributed by atoms with E-state index in [1.807, 2.05) is 6.92 Å². The first-order chi connectivity index (χ1) is 7.28. The molecule has 0 aliphatic carbocycles. The van der Waals surface area contributed by atoms with E-state index < -0.39 is 0 Å². The smallest absolute Gasteiger partial charge is 0.165 e. The normalized spacial score (nSPS) is 10.3. The maximum atomic E-state index is 12.6. The van der Waals surface area contributed by atoms with Crippen LogP contribution in [0.4, 0.5) is 4.39 Å². The summed E-state index contributed by atoms with van der Waals surface area (Å²) < 4.78 is 19.8. The van der Waals surface area contributed by atoms with Gasteiger partial charge in [0.25, 0.3) is 0 Å². The lowest BCUT2D eigenvalue weighted by Crippen LogP contribution is -1.92. The third kappa shape index (κ3) is 2.34. The molecule has 78 valence electrons. The molecule has 0 radical (unpaired) electrons. The Morgan fingerprint density at radius 2 is 2.00 bits per heavy atom. The monoisotopic (exact) mass is 206 g/mol. The lowest BCUT2D eigenvalue weighted by molar-refractivity contribution is 0.479. The zero-order chi connectivity index (χ0) is 10.7. The second-order valence-corrected chi connectivity index (χ2v) is 3.09. The summed E-state index contributed by atoms with van der Waals surface area (Å²) in [7, 11) is 0. The van der Waals surface area contributed by atoms with E-state index in [0.717, 1.165) is 6.54 Å². The van der Waals surface area contributed by atoms with Crippen molar-refractivity contribution in [3.63, 3.8) is 0 Å². The van der Waals surface area contributed by atoms with Crippen molar-refractivity contribution < 1.29 is 9.13 Å². The number of hydrogen-bond acceptors (Lipinski definition) is 2. The minimum Gasteiger partial charge on any atom is -0.454 e. The van der Waals surface area contributed by atoms with Crippen LogP contribution >= 0.6 is 0 Å². The fraction of sp³-hybridized carbons (Fsp3) is 0.182. The summed E-state index contributed by atoms with van der Waals surface area (Å²) >= 11 is 0. The van der Waals surface area contributed by atoms with E-state index >= 15 is 0 Å². The van der Waals surface area contributed by atoms with Gasteiger partial charge in [-0.25, -0.2) is 4.39 Å². The van der Waals surface area contributed by atoms with Crippen molar-refractivity contribution in [1.29, 1.82) is 0 Å². The number of halogens is 1. The van der Waals surface area contributed by atoms with Crippen molar-refractivity contribution in [2.45, 2.75) is 13.5 Å². The first kappa shape index (κ1) is 9.71. The Balaban J connectivity index is 2.11. The van der Waals surface area contributed by atoms with Gasteiger partial charge in [0.1, 0.15) is 11.6 Å². The van der Waals surface area contributed by atoms with Gasteiger partial charge in [-0.05, 0) is 31.2 Å². The van der Waals surface area contributed by atoms with E-state index in [4.69, 9.17) is 4.74 Å². The Morgan fingerprint density at radius 3 is 2.60 bits per heavy atom. The summed E-state index contributed by atoms with van der Waals surface area (Å²) in [5.41, 5.74) is 0. The fourth-order valence-corrected chi connectivity index (χ4v) is 1.21. The molecule has 0 N–H and O–H groups in total. The zero-order valence-corrected chi connectivity index (χ0v) is 8.35. The third-order valence-electron chi connectivity index (χ3n) is 1.98. The van der Waals surface area contributed by atoms with Crippen molar-refractivity contribution in [2.24, 2.45) is 0 Å². The standard InChI is InChI=1S/C11H11FN2O/c1-2-14-8-11(7-13-14)15-10-5-3-9(12)4-6-10/h3-8H,2H2,1H3. The predicted octanol–water partition coefficient (Wildman–Crippen LogP) is 2.83. The molecule has 1 aromatic carbocycles. The van der Waals surface area contributed by atoms with Crippen LogP contribution in [0.25, 0.3) is 0 Å². The van der Waals surface area contributed by atoms with E-state index in [2.05, 4.69) is 5.10 Å². The second-order valence-electron chi connectivity index (χ2n) is 3.09. The molecule has 0 aliphatic heterocycles. The molecule has 15 heavy (non-hydrogen) atoms. The van der Waals surface area contributed by atoms with Gasteiger partial charge in [-0.2, -0.15) is 5.10 Å². The van der Waals surface area contributed by atoms with E-state index in [9.17, 15) is 4.39 Å². The summed E-state index contributed by atoms with van der Waals surface area (Å²) in [5.74, 6) is 0.988. The molecular formula is C11H11FN2O. The van der Waals surface area contributed by atoms with Crippen LogP contribution in [-0.2, 0) is 6.54 Å². The number of aromatic nitrogens is 2. The predicted molar refractivity (Wildman–Crippen MR) is 54.4 cm³/mol. The van der Waals surface area contributed by atoms with Crippen molar-refractivity contribution in [3.8, 4) is 11.5 Å². The van der Waals surface area contributed by atoms with Gasteiger partial charge in [-0.1, -0.05) is 0 Å². The van der Waals surface area contributed by atoms with E-state index in [0.29, 0.717) is 11.5 Å². The average molecular weight is 206 g/mol. The summed E-state index contributed by atoms with van der Waals surface area (Å²) in [5, 5.41) is 4.07. The summed E-state index contributed by atoms with van der Waals surface area (Å²) in [6, 6.07) is 5.89. The highest BCUT2D eigenvalue weighted by molar-refractivity contribution is 5.28. The molecule has 0 saturated carbocycles. The molecule has 3 nitrogen and oxygen atoms in total. The molecule has 0 bridgehead atoms. The van der Waals surface area contributed by atoms with E-state index in [1.54, 1.807) is 29.2 Å². The van der Waals surface area contributed by atoms with Crippen LogP contribution in [0.5, 0.6) is 11.5 Å². The number of benzene rings is 1. The van der Waals surface area contributed by atoms with E-state index in [-0.39, 0.29) is 5.82 Å². The topological polar surface area (TPSA) is 27.1 Å². The highest BCUT2D eigenvalue weighted by Gasteiger charge is 2.00. The van der Waals surface area contributed by atoms with Crippen LogP contribution in [0, 0.1) is 5.82 Å². The molecule has 1 heterocycles. The SMILES string of the molecule is CCn1cc(Oc2ccc(F)cc2)cn1. The summed E-state index contributed by atoms with van der Waals surface area (Å²) in [6.45, 7) is 2.79. The van der Waals surface area contributed by atoms with Crippen LogP contribution in [0.15, 0.2) is 36.7 Å². The Labute approximate surface area is 87.1 Å². The molecule has 2 aromatic rings. The van der Waals surface area contributed by atoms with Crippen molar-refractivity contribution in [1.82, 2.24) is 9.78 Å². The van der Waals surface area contributed by atoms with Gasteiger partial charge in [0.05, 0.1) is 12.4 Å². The van der Waals surface area contributed by atoms with Crippen LogP contribution in [0.2, 0.25) is 0 Å². The number of ether oxygens (including phenoxy) is 1. The van der Waals surface area contributed by atoms with Crippen molar-refractivity contribution in [3.05, 3.63) is 42.5 Å². The minimum atomic E-state index is -0.272. The Hall–Kier alpha value is -1.84. The van der Waals surface area contributed by atoms with Crippen molar-refractivity contribution >= 4 is 0 Å². The van der Waals surface area contributed by atoms with Gasteiger partial charge >= 0.3 is 0 Å². The highest BCUT2D eigenvalue weighted by atomic mass is 19.1. The Morgan fingerprint density at radius 1 is 1.27 bits per heavy atom. The molecule has 2 rings (SSSR count). The summed E-state index contributed by atoms with van der Waals surface area (Å²) in [4.78, 5) is 0. The van der Waals surface area contributed by atoms with Gasteiger partial charge < -0.3 is 4.74 Å². The number of hydrogen-bond donors (Lipinski definition) is 0. The highest BCUT2D eigenvalue weighted by Crippen LogP contribution is 2.20. The Bertz CT molecular complexity index is 436. The summed E-state index contributed by atoms with van der Waals surface area (Å²) in [6.07, 6.45) is 3.43. The first-order valence-electron chi connectivity index (χ1n) is 4.74. The van der Waals surface area contributed by atoms with Crippen LogP contribution in [-0.4, -0.2) is 9.78 Å². The maximum Gasteiger partial charge on any atom is 0.165 e. The third-order valence-corrected chi connectivity index (χ3v) is 1.98. The number of nitrogens with zero attached hydrogens (tertiary/aromatic N) is 2. The largest absolute Gasteiger partial charge is 0.454 e. The van der Waals surface area contributed by atoms with Crippen LogP contribution in [0.1, 0.15) is 6.92 Å². The average Bonchev–Trinajstić information content (AvgIpc) is 2.69. The number of aryl methyl sites for hydroxylation is 1. The molecule has 0 aliphatic rings. The van der Waals surface area contributed by atoms with E-state index in [1.165, 1.54) is 12.1 Å². The molecular weight excluding hydrogens is 195 g/mol. The van der Waals surface area contributed by atoms with Gasteiger partial charge in [-0.3, -0.25) is 4.68 Å². The van der Waals surface area contributed by atoms with Crippen molar-refractivity contribution in [2.75, 3.05) is 0 Å². The van der Waals surface area contributed by atoms with Gasteiger partial charge in [0.2, 0.25) is 0 Å². The zero-order valence-electron chi connectivity index (χ0n) is 8.35. The molecule has 0 unspecified atom stereocenters. The molecule has 0 fully saturated rings. The Kier molecular flexibility index (Phi) is 2.67. The quantitative estimate of drug-likeness (QED) is 0.772. The van der Waals surface area contributed by atoms with Gasteiger partial charge in [0.15, 0.2) is 5.75 Å². The lowest BCUT2D eigenvalue weighted by atomic mass is 10.3. The molecule has 0 saturated heterocycles. The molecule has 0 spiro atoms. The second kappa shape index (κ2) is 4.13. The van der Waals surface area contributed by atoms with Crippen LogP contribution in [0.3, 0.4) is 0 Å². The van der Waals surface area contributed by atoms with Gasteiger partial charge in [-0.15, -0.1) is 0 Å². The molecule has 0 amide bonds. The van der Waals surface area contributed by atoms with Gasteiger partial charge in [0, 0.05) is 6.54 Å². The van der Waals surface area contributed by atoms with Crippen LogP contribution < -0.4 is 4.74 Å². The molecule has 4 heteroatoms. The first-order valence-corrected chi connectivity index (χ1v) is 4.74. The molecule has 0 atom stereocenters. The lowest BCUT2D eigenvalue weighted by Gasteiger charge is -2.01. The maximum absolute atomic E-state index is 12.6. The minimum absolute atomic E-state index is 0.272.